The van der Waals surface area contributed by atoms with Crippen LogP contribution in [-0.2, 0) is 11.4 Å². The highest BCUT2D eigenvalue weighted by atomic mass is 16.6. The van der Waals surface area contributed by atoms with Gasteiger partial charge in [-0.25, -0.2) is 0 Å². The molecule has 0 unspecified atom stereocenters. The maximum atomic E-state index is 11.8. The first-order valence-electron chi connectivity index (χ1n) is 7.79. The molecular weight excluding hydrogens is 306 g/mol. The molecule has 2 aromatic rings. The van der Waals surface area contributed by atoms with Crippen LogP contribution in [0.15, 0.2) is 47.8 Å². The van der Waals surface area contributed by atoms with E-state index in [1.165, 1.54) is 6.20 Å². The fourth-order valence-electron chi connectivity index (χ4n) is 1.94. The third-order valence-corrected chi connectivity index (χ3v) is 3.30. The number of nitrogens with zero attached hydrogens (tertiary/aromatic N) is 2. The van der Waals surface area contributed by atoms with E-state index in [1.807, 2.05) is 19.1 Å². The van der Waals surface area contributed by atoms with Crippen LogP contribution in [0.1, 0.15) is 41.9 Å². The van der Waals surface area contributed by atoms with Gasteiger partial charge >= 0.3 is 0 Å². The fourth-order valence-corrected chi connectivity index (χ4v) is 1.94. The number of nitrogens with one attached hydrogen (secondary N) is 1. The van der Waals surface area contributed by atoms with Gasteiger partial charge in [-0.05, 0) is 43.2 Å². The van der Waals surface area contributed by atoms with Gasteiger partial charge in [-0.1, -0.05) is 24.2 Å². The van der Waals surface area contributed by atoms with Crippen LogP contribution in [0.25, 0.3) is 0 Å². The maximum absolute atomic E-state index is 11.8. The number of hydrogen-bond acceptors (Lipinski definition) is 5. The smallest absolute Gasteiger partial charge is 0.251 e. The van der Waals surface area contributed by atoms with Crippen LogP contribution in [0.3, 0.4) is 0 Å². The van der Waals surface area contributed by atoms with E-state index in [4.69, 9.17) is 4.84 Å². The second kappa shape index (κ2) is 8.67. The van der Waals surface area contributed by atoms with Crippen LogP contribution < -0.4 is 5.32 Å². The average Bonchev–Trinajstić information content (AvgIpc) is 2.60. The van der Waals surface area contributed by atoms with Crippen LogP contribution >= 0.6 is 0 Å². The van der Waals surface area contributed by atoms with Crippen molar-refractivity contribution in [1.82, 2.24) is 10.3 Å². The van der Waals surface area contributed by atoms with E-state index < -0.39 is 0 Å². The summed E-state index contributed by atoms with van der Waals surface area (Å²) in [7, 11) is 0. The van der Waals surface area contributed by atoms with Gasteiger partial charge in [0.2, 0.25) is 0 Å². The first-order valence-corrected chi connectivity index (χ1v) is 7.79. The standard InChI is InChI=1S/C18H21N3O3/c1-3-10-19-18(23)15-6-4-14(5-7-15)12-24-21-13(2)17-9-8-16(22)11-20-17/h4-9,11,22H,3,10,12H2,1-2H3,(H,19,23). The highest BCUT2D eigenvalue weighted by Gasteiger charge is 2.04. The highest BCUT2D eigenvalue weighted by Crippen LogP contribution is 2.09. The van der Waals surface area contributed by atoms with Crippen molar-refractivity contribution in [1.29, 1.82) is 0 Å². The molecule has 0 fully saturated rings. The summed E-state index contributed by atoms with van der Waals surface area (Å²) < 4.78 is 0. The highest BCUT2D eigenvalue weighted by molar-refractivity contribution is 5.96. The SMILES string of the molecule is CCCNC(=O)c1ccc(CON=C(C)c2ccc(O)cn2)cc1. The van der Waals surface area contributed by atoms with Gasteiger partial charge in [-0.3, -0.25) is 9.78 Å². The van der Waals surface area contributed by atoms with E-state index in [-0.39, 0.29) is 11.7 Å². The zero-order valence-corrected chi connectivity index (χ0v) is 13.8. The molecule has 0 bridgehead atoms. The number of benzene rings is 1. The summed E-state index contributed by atoms with van der Waals surface area (Å²) in [4.78, 5) is 21.2. The third kappa shape index (κ3) is 5.08. The van der Waals surface area contributed by atoms with Crippen molar-refractivity contribution < 1.29 is 14.7 Å². The molecule has 0 spiro atoms. The monoisotopic (exact) mass is 327 g/mol. The molecule has 0 saturated carbocycles. The molecule has 126 valence electrons. The lowest BCUT2D eigenvalue weighted by atomic mass is 10.1. The first-order chi connectivity index (χ1) is 11.6. The molecule has 0 aliphatic carbocycles. The van der Waals surface area contributed by atoms with Gasteiger partial charge in [0.1, 0.15) is 18.1 Å². The summed E-state index contributed by atoms with van der Waals surface area (Å²) in [5.41, 5.74) is 2.79. The molecule has 24 heavy (non-hydrogen) atoms. The van der Waals surface area contributed by atoms with Gasteiger partial charge in [0.25, 0.3) is 5.91 Å². The van der Waals surface area contributed by atoms with Crippen LogP contribution in [-0.4, -0.2) is 28.3 Å². The van der Waals surface area contributed by atoms with Crippen LogP contribution in [0.4, 0.5) is 0 Å². The third-order valence-electron chi connectivity index (χ3n) is 3.30. The summed E-state index contributed by atoms with van der Waals surface area (Å²) in [5.74, 6) is 0.0344. The van der Waals surface area contributed by atoms with Crippen LogP contribution in [0.2, 0.25) is 0 Å². The molecule has 0 aliphatic rings. The van der Waals surface area contributed by atoms with E-state index in [0.29, 0.717) is 30.1 Å². The Hall–Kier alpha value is -2.89. The number of pyridine rings is 1. The second-order valence-corrected chi connectivity index (χ2v) is 5.30. The van der Waals surface area contributed by atoms with E-state index in [2.05, 4.69) is 15.5 Å². The second-order valence-electron chi connectivity index (χ2n) is 5.30. The molecule has 6 nitrogen and oxygen atoms in total. The van der Waals surface area contributed by atoms with Crippen molar-refractivity contribution in [3.05, 3.63) is 59.4 Å². The Kier molecular flexibility index (Phi) is 6.31. The van der Waals surface area contributed by atoms with Crippen molar-refractivity contribution in [2.45, 2.75) is 26.9 Å². The number of carbonyl (C=O) groups excluding carboxylic acids is 1. The van der Waals surface area contributed by atoms with E-state index >= 15 is 0 Å². The van der Waals surface area contributed by atoms with E-state index in [0.717, 1.165) is 12.0 Å². The molecule has 1 aromatic heterocycles. The van der Waals surface area contributed by atoms with Crippen molar-refractivity contribution in [2.24, 2.45) is 5.16 Å². The summed E-state index contributed by atoms with van der Waals surface area (Å²) >= 11 is 0. The average molecular weight is 327 g/mol. The first kappa shape index (κ1) is 17.5. The molecule has 1 aromatic carbocycles. The van der Waals surface area contributed by atoms with Crippen molar-refractivity contribution in [3.8, 4) is 5.75 Å². The van der Waals surface area contributed by atoms with Gasteiger partial charge in [0.05, 0.1) is 11.9 Å². The van der Waals surface area contributed by atoms with Gasteiger partial charge in [0, 0.05) is 12.1 Å². The molecular formula is C18H21N3O3. The summed E-state index contributed by atoms with van der Waals surface area (Å²) in [6, 6.07) is 10.4. The Balaban J connectivity index is 1.89. The Bertz CT molecular complexity index is 694. The number of amides is 1. The van der Waals surface area contributed by atoms with Crippen molar-refractivity contribution in [3.63, 3.8) is 0 Å². The van der Waals surface area contributed by atoms with Crippen LogP contribution in [0, 0.1) is 0 Å². The number of aromatic nitrogens is 1. The normalized spacial score (nSPS) is 11.2. The molecule has 2 rings (SSSR count). The summed E-state index contributed by atoms with van der Waals surface area (Å²) in [5, 5.41) is 16.1. The van der Waals surface area contributed by atoms with Gasteiger partial charge < -0.3 is 15.3 Å². The Morgan fingerprint density at radius 3 is 2.62 bits per heavy atom. The topological polar surface area (TPSA) is 83.8 Å². The van der Waals surface area contributed by atoms with Gasteiger partial charge in [-0.15, -0.1) is 0 Å². The Morgan fingerprint density at radius 1 is 1.25 bits per heavy atom. The Labute approximate surface area is 141 Å². The zero-order valence-electron chi connectivity index (χ0n) is 13.8. The molecule has 2 N–H and O–H groups in total. The molecule has 1 amide bonds. The lowest BCUT2D eigenvalue weighted by Crippen LogP contribution is -2.23. The number of carbonyl (C=O) groups is 1. The lowest BCUT2D eigenvalue weighted by molar-refractivity contribution is 0.0953. The molecule has 0 saturated heterocycles. The molecule has 0 radical (unpaired) electrons. The number of aromatic hydroxyl groups is 1. The van der Waals surface area contributed by atoms with Crippen molar-refractivity contribution in [2.75, 3.05) is 6.54 Å². The quantitative estimate of drug-likeness (QED) is 0.605. The molecule has 1 heterocycles. The number of oxime groups is 1. The summed E-state index contributed by atoms with van der Waals surface area (Å²) in [6.45, 7) is 4.76. The number of rotatable bonds is 7. The molecule has 0 atom stereocenters. The van der Waals surface area contributed by atoms with E-state index in [1.54, 1.807) is 31.2 Å². The van der Waals surface area contributed by atoms with E-state index in [9.17, 15) is 9.90 Å². The maximum Gasteiger partial charge on any atom is 0.251 e. The molecule has 0 aliphatic heterocycles. The minimum atomic E-state index is -0.0726. The van der Waals surface area contributed by atoms with Crippen LogP contribution in [0.5, 0.6) is 5.75 Å². The largest absolute Gasteiger partial charge is 0.506 e. The molecule has 6 heteroatoms. The van der Waals surface area contributed by atoms with Crippen molar-refractivity contribution >= 4 is 11.6 Å². The fraction of sp³-hybridized carbons (Fsp3) is 0.278. The summed E-state index contributed by atoms with van der Waals surface area (Å²) in [6.07, 6.45) is 2.27. The van der Waals surface area contributed by atoms with Gasteiger partial charge in [-0.2, -0.15) is 0 Å². The zero-order chi connectivity index (χ0) is 17.4. The minimum Gasteiger partial charge on any atom is -0.506 e. The number of hydrogen-bond donors (Lipinski definition) is 2. The minimum absolute atomic E-state index is 0.0726. The Morgan fingerprint density at radius 2 is 2.00 bits per heavy atom. The van der Waals surface area contributed by atoms with Gasteiger partial charge in [0.15, 0.2) is 0 Å². The predicted octanol–water partition coefficient (Wildman–Crippen LogP) is 2.87. The predicted molar refractivity (Wildman–Crippen MR) is 92.0 cm³/mol. The lowest BCUT2D eigenvalue weighted by Gasteiger charge is -2.05.